The average molecular weight is 553 g/mol. The molecule has 3 rings (SSSR count). The van der Waals surface area contributed by atoms with Crippen molar-refractivity contribution < 1.29 is 40.3 Å². The van der Waals surface area contributed by atoms with Crippen LogP contribution in [0.3, 0.4) is 0 Å². The van der Waals surface area contributed by atoms with E-state index in [1.165, 1.54) is 10.9 Å². The first-order valence-electron chi connectivity index (χ1n) is 8.18. The number of anilines is 2. The van der Waals surface area contributed by atoms with E-state index in [-0.39, 0.29) is 22.0 Å². The SMILES string of the molecule is O=C(O)C(F)(F)F.O=S(=O)(Nc1cscn1)c1c(F)cc(NC2CCNC2)c(Br)c1F. The van der Waals surface area contributed by atoms with Crippen molar-refractivity contribution >= 4 is 54.8 Å². The Hall–Kier alpha value is -2.04. The van der Waals surface area contributed by atoms with Gasteiger partial charge < -0.3 is 15.7 Å². The number of carboxylic acid groups (broad SMARTS) is 1. The molecule has 0 radical (unpaired) electrons. The first kappa shape index (κ1) is 25.2. The fourth-order valence-electron chi connectivity index (χ4n) is 2.38. The summed E-state index contributed by atoms with van der Waals surface area (Å²) in [5.74, 6) is -5.11. The van der Waals surface area contributed by atoms with Gasteiger partial charge in [0.15, 0.2) is 16.5 Å². The van der Waals surface area contributed by atoms with Crippen molar-refractivity contribution in [1.82, 2.24) is 10.3 Å². The molecule has 172 valence electrons. The Morgan fingerprint density at radius 1 is 1.35 bits per heavy atom. The highest BCUT2D eigenvalue weighted by molar-refractivity contribution is 9.10. The minimum absolute atomic E-state index is 0.00848. The summed E-state index contributed by atoms with van der Waals surface area (Å²) in [6.45, 7) is 1.48. The molecule has 1 saturated heterocycles. The van der Waals surface area contributed by atoms with Crippen LogP contribution in [-0.4, -0.2) is 49.8 Å². The number of halogens is 6. The number of aromatic nitrogens is 1. The van der Waals surface area contributed by atoms with Crippen LogP contribution in [0, 0.1) is 11.6 Å². The summed E-state index contributed by atoms with van der Waals surface area (Å²) in [5, 5.41) is 14.7. The van der Waals surface area contributed by atoms with Crippen LogP contribution in [0.4, 0.5) is 33.5 Å². The van der Waals surface area contributed by atoms with Crippen molar-refractivity contribution in [3.8, 4) is 0 Å². The zero-order chi connectivity index (χ0) is 23.4. The lowest BCUT2D eigenvalue weighted by molar-refractivity contribution is -0.192. The Kier molecular flexibility index (Phi) is 8.18. The number of hydrogen-bond donors (Lipinski definition) is 4. The highest BCUT2D eigenvalue weighted by Crippen LogP contribution is 2.34. The van der Waals surface area contributed by atoms with Crippen LogP contribution in [0.25, 0.3) is 0 Å². The number of nitrogens with one attached hydrogen (secondary N) is 3. The predicted octanol–water partition coefficient (Wildman–Crippen LogP) is 3.39. The molecule has 0 spiro atoms. The molecule has 4 N–H and O–H groups in total. The number of thiazole rings is 1. The highest BCUT2D eigenvalue weighted by atomic mass is 79.9. The molecule has 1 aromatic carbocycles. The second kappa shape index (κ2) is 10.1. The zero-order valence-corrected chi connectivity index (χ0v) is 18.4. The third-order valence-electron chi connectivity index (χ3n) is 3.72. The molecule has 2 heterocycles. The van der Waals surface area contributed by atoms with Gasteiger partial charge in [0.05, 0.1) is 15.7 Å². The first-order valence-corrected chi connectivity index (χ1v) is 11.4. The molecular formula is C15H14BrF5N4O4S2. The van der Waals surface area contributed by atoms with Crippen LogP contribution in [0.15, 0.2) is 26.3 Å². The molecule has 1 atom stereocenters. The normalized spacial score (nSPS) is 16.4. The first-order chi connectivity index (χ1) is 14.3. The molecule has 0 aliphatic carbocycles. The van der Waals surface area contributed by atoms with Gasteiger partial charge in [-0.2, -0.15) is 13.2 Å². The van der Waals surface area contributed by atoms with Crippen LogP contribution in [0.5, 0.6) is 0 Å². The van der Waals surface area contributed by atoms with Gasteiger partial charge in [-0.15, -0.1) is 11.3 Å². The minimum Gasteiger partial charge on any atom is -0.475 e. The number of sulfonamides is 1. The van der Waals surface area contributed by atoms with Crippen molar-refractivity contribution in [3.63, 3.8) is 0 Å². The van der Waals surface area contributed by atoms with Crippen molar-refractivity contribution in [3.05, 3.63) is 33.1 Å². The lowest BCUT2D eigenvalue weighted by Crippen LogP contribution is -2.23. The van der Waals surface area contributed by atoms with Gasteiger partial charge in [-0.1, -0.05) is 0 Å². The average Bonchev–Trinajstić information content (AvgIpc) is 3.32. The van der Waals surface area contributed by atoms with Crippen LogP contribution in [0.1, 0.15) is 6.42 Å². The molecule has 0 saturated carbocycles. The number of alkyl halides is 3. The third-order valence-corrected chi connectivity index (χ3v) is 6.47. The second-order valence-electron chi connectivity index (χ2n) is 5.98. The van der Waals surface area contributed by atoms with E-state index in [2.05, 4.69) is 36.3 Å². The van der Waals surface area contributed by atoms with Gasteiger partial charge in [0.2, 0.25) is 0 Å². The standard InChI is InChI=1S/C13H13BrF2N4O2S2.C2HF3O2/c14-11-9(19-7-1-2-17-4-7)3-8(15)13(12(11)16)24(21,22)20-10-5-23-6-18-10;3-2(4,5)1(6)7/h3,5-7,17,19-20H,1-2,4H2;(H,6,7). The summed E-state index contributed by atoms with van der Waals surface area (Å²) in [5.41, 5.74) is 1.58. The number of aliphatic carboxylic acids is 1. The van der Waals surface area contributed by atoms with E-state index in [9.17, 15) is 30.4 Å². The second-order valence-corrected chi connectivity index (χ2v) is 9.11. The molecule has 1 fully saturated rings. The topological polar surface area (TPSA) is 120 Å². The summed E-state index contributed by atoms with van der Waals surface area (Å²) >= 11 is 4.17. The Labute approximate surface area is 185 Å². The number of carboxylic acids is 1. The van der Waals surface area contributed by atoms with E-state index in [0.29, 0.717) is 6.54 Å². The molecule has 31 heavy (non-hydrogen) atoms. The van der Waals surface area contributed by atoms with E-state index in [0.717, 1.165) is 30.4 Å². The molecule has 1 unspecified atom stereocenters. The molecule has 0 bridgehead atoms. The molecule has 2 aromatic rings. The van der Waals surface area contributed by atoms with Gasteiger partial charge in [0.25, 0.3) is 10.0 Å². The van der Waals surface area contributed by atoms with Gasteiger partial charge >= 0.3 is 12.1 Å². The maximum absolute atomic E-state index is 14.5. The third kappa shape index (κ3) is 6.72. The monoisotopic (exact) mass is 552 g/mol. The number of carbonyl (C=O) groups is 1. The quantitative estimate of drug-likeness (QED) is 0.331. The summed E-state index contributed by atoms with van der Waals surface area (Å²) in [4.78, 5) is 11.6. The fourth-order valence-corrected chi connectivity index (χ4v) is 4.64. The summed E-state index contributed by atoms with van der Waals surface area (Å²) in [7, 11) is -4.44. The molecule has 0 amide bonds. The van der Waals surface area contributed by atoms with Gasteiger partial charge in [-0.05, 0) is 35.0 Å². The smallest absolute Gasteiger partial charge is 0.475 e. The van der Waals surface area contributed by atoms with Crippen molar-refractivity contribution in [2.75, 3.05) is 23.1 Å². The van der Waals surface area contributed by atoms with Gasteiger partial charge in [-0.3, -0.25) is 4.72 Å². The molecule has 1 aliphatic rings. The van der Waals surface area contributed by atoms with E-state index in [1.54, 1.807) is 0 Å². The Morgan fingerprint density at radius 3 is 2.48 bits per heavy atom. The van der Waals surface area contributed by atoms with Crippen LogP contribution in [0.2, 0.25) is 0 Å². The summed E-state index contributed by atoms with van der Waals surface area (Å²) in [6.07, 6.45) is -4.28. The molecule has 1 aliphatic heterocycles. The minimum atomic E-state index is -5.08. The van der Waals surface area contributed by atoms with Crippen molar-refractivity contribution in [2.24, 2.45) is 0 Å². The van der Waals surface area contributed by atoms with Gasteiger partial charge in [0.1, 0.15) is 5.82 Å². The number of benzene rings is 1. The highest BCUT2D eigenvalue weighted by Gasteiger charge is 2.38. The molecular weight excluding hydrogens is 539 g/mol. The Balaban J connectivity index is 0.000000423. The van der Waals surface area contributed by atoms with Gasteiger partial charge in [-0.25, -0.2) is 27.0 Å². The van der Waals surface area contributed by atoms with Crippen LogP contribution < -0.4 is 15.4 Å². The van der Waals surface area contributed by atoms with Crippen molar-refractivity contribution in [2.45, 2.75) is 23.5 Å². The Bertz CT molecular complexity index is 1030. The maximum atomic E-state index is 14.5. The predicted molar refractivity (Wildman–Crippen MR) is 106 cm³/mol. The van der Waals surface area contributed by atoms with Gasteiger partial charge in [0, 0.05) is 18.0 Å². The fraction of sp³-hybridized carbons (Fsp3) is 0.333. The lowest BCUT2D eigenvalue weighted by atomic mass is 10.2. The van der Waals surface area contributed by atoms with E-state index < -0.39 is 38.7 Å². The van der Waals surface area contributed by atoms with Crippen molar-refractivity contribution in [1.29, 1.82) is 0 Å². The summed E-state index contributed by atoms with van der Waals surface area (Å²) < 4.78 is 87.1. The van der Waals surface area contributed by atoms with E-state index >= 15 is 0 Å². The zero-order valence-electron chi connectivity index (χ0n) is 15.1. The van der Waals surface area contributed by atoms with E-state index in [1.807, 2.05) is 0 Å². The largest absolute Gasteiger partial charge is 0.490 e. The Morgan fingerprint density at radius 2 is 2.00 bits per heavy atom. The maximum Gasteiger partial charge on any atom is 0.490 e. The molecule has 8 nitrogen and oxygen atoms in total. The lowest BCUT2D eigenvalue weighted by Gasteiger charge is -2.17. The molecule has 1 aromatic heterocycles. The number of nitrogens with zero attached hydrogens (tertiary/aromatic N) is 1. The number of hydrogen-bond acceptors (Lipinski definition) is 7. The number of rotatable bonds is 5. The van der Waals surface area contributed by atoms with E-state index in [4.69, 9.17) is 9.90 Å². The van der Waals surface area contributed by atoms with Crippen LogP contribution >= 0.6 is 27.3 Å². The van der Waals surface area contributed by atoms with Crippen LogP contribution in [-0.2, 0) is 14.8 Å². The molecule has 16 heteroatoms. The summed E-state index contributed by atoms with van der Waals surface area (Å²) in [6, 6.07) is 0.997.